The lowest BCUT2D eigenvalue weighted by molar-refractivity contribution is -0.135. The molecule has 4 unspecified atom stereocenters. The quantitative estimate of drug-likeness (QED) is 0.790. The summed E-state index contributed by atoms with van der Waals surface area (Å²) in [5.41, 5.74) is 0. The second-order valence-corrected chi connectivity index (χ2v) is 6.33. The van der Waals surface area contributed by atoms with E-state index in [-0.39, 0.29) is 5.92 Å². The Hall–Kier alpha value is -0.610. The van der Waals surface area contributed by atoms with Crippen molar-refractivity contribution in [3.8, 4) is 0 Å². The minimum absolute atomic E-state index is 0.245. The van der Waals surface area contributed by atoms with Gasteiger partial charge >= 0.3 is 0 Å². The molecular weight excluding hydrogens is 226 g/mol. The number of piperidine rings is 1. The molecular formula is C14H27N3O. The highest BCUT2D eigenvalue weighted by molar-refractivity contribution is 5.79. The van der Waals surface area contributed by atoms with E-state index in [9.17, 15) is 4.79 Å². The summed E-state index contributed by atoms with van der Waals surface area (Å²) in [7, 11) is 4.23. The molecule has 0 aromatic carbocycles. The van der Waals surface area contributed by atoms with Gasteiger partial charge in [0.25, 0.3) is 0 Å². The summed E-state index contributed by atoms with van der Waals surface area (Å²) in [4.78, 5) is 16.9. The van der Waals surface area contributed by atoms with Crippen LogP contribution in [0, 0.1) is 11.8 Å². The van der Waals surface area contributed by atoms with Gasteiger partial charge in [-0.05, 0) is 46.3 Å². The normalized spacial score (nSPS) is 37.3. The van der Waals surface area contributed by atoms with E-state index >= 15 is 0 Å². The van der Waals surface area contributed by atoms with Gasteiger partial charge in [-0.25, -0.2) is 0 Å². The molecule has 1 amide bonds. The Morgan fingerprint density at radius 3 is 2.56 bits per heavy atom. The lowest BCUT2D eigenvalue weighted by Crippen LogP contribution is -2.44. The molecule has 0 radical (unpaired) electrons. The largest absolute Gasteiger partial charge is 0.341 e. The number of carbonyl (C=O) groups excluding carboxylic acids is 1. The van der Waals surface area contributed by atoms with Gasteiger partial charge in [0.05, 0.1) is 0 Å². The van der Waals surface area contributed by atoms with Crippen LogP contribution in [0.1, 0.15) is 26.7 Å². The number of likely N-dealkylation sites (tertiary alicyclic amines) is 1. The van der Waals surface area contributed by atoms with Crippen LogP contribution in [0.2, 0.25) is 0 Å². The van der Waals surface area contributed by atoms with Gasteiger partial charge in [-0.1, -0.05) is 6.92 Å². The van der Waals surface area contributed by atoms with Crippen molar-refractivity contribution in [3.63, 3.8) is 0 Å². The third-order valence-corrected chi connectivity index (χ3v) is 4.52. The molecule has 18 heavy (non-hydrogen) atoms. The molecule has 4 nitrogen and oxygen atoms in total. The van der Waals surface area contributed by atoms with Gasteiger partial charge in [0, 0.05) is 31.1 Å². The van der Waals surface area contributed by atoms with E-state index in [4.69, 9.17) is 0 Å². The second kappa shape index (κ2) is 5.57. The Labute approximate surface area is 111 Å². The average Bonchev–Trinajstić information content (AvgIpc) is 2.70. The van der Waals surface area contributed by atoms with Crippen LogP contribution < -0.4 is 5.32 Å². The Kier molecular flexibility index (Phi) is 4.28. The summed E-state index contributed by atoms with van der Waals surface area (Å²) in [5, 5.41) is 3.41. The monoisotopic (exact) mass is 253 g/mol. The average molecular weight is 253 g/mol. The van der Waals surface area contributed by atoms with Crippen LogP contribution in [0.5, 0.6) is 0 Å². The number of nitrogens with one attached hydrogen (secondary N) is 1. The standard InChI is InChI=1S/C14H27N3O/c1-10-8-17(9-13(10)16(3)4)14(18)12-5-6-15-11(2)7-12/h10-13,15H,5-9H2,1-4H3. The Balaban J connectivity index is 1.94. The van der Waals surface area contributed by atoms with Crippen LogP contribution in [-0.2, 0) is 4.79 Å². The predicted molar refractivity (Wildman–Crippen MR) is 73.4 cm³/mol. The summed E-state index contributed by atoms with van der Waals surface area (Å²) >= 11 is 0. The highest BCUT2D eigenvalue weighted by Crippen LogP contribution is 2.25. The maximum atomic E-state index is 12.5. The van der Waals surface area contributed by atoms with Gasteiger partial charge in [0.15, 0.2) is 0 Å². The summed E-state index contributed by atoms with van der Waals surface area (Å²) in [6.07, 6.45) is 2.00. The number of carbonyl (C=O) groups is 1. The summed E-state index contributed by atoms with van der Waals surface area (Å²) in [6, 6.07) is 1.01. The third-order valence-electron chi connectivity index (χ3n) is 4.52. The summed E-state index contributed by atoms with van der Waals surface area (Å²) in [5.74, 6) is 1.22. The lowest BCUT2D eigenvalue weighted by atomic mass is 9.92. The van der Waals surface area contributed by atoms with Crippen LogP contribution in [-0.4, -0.2) is 61.5 Å². The number of rotatable bonds is 2. The van der Waals surface area contributed by atoms with E-state index in [1.807, 2.05) is 0 Å². The van der Waals surface area contributed by atoms with E-state index in [2.05, 4.69) is 43.1 Å². The molecule has 104 valence electrons. The molecule has 4 heteroatoms. The molecule has 0 aromatic heterocycles. The van der Waals surface area contributed by atoms with E-state index in [0.29, 0.717) is 23.9 Å². The SMILES string of the molecule is CC1CC(C(=O)N2CC(C)C(N(C)C)C2)CCN1. The van der Waals surface area contributed by atoms with Crippen molar-refractivity contribution in [1.29, 1.82) is 0 Å². The first-order valence-electron chi connectivity index (χ1n) is 7.17. The smallest absolute Gasteiger partial charge is 0.225 e. The van der Waals surface area contributed by atoms with Crippen LogP contribution in [0.4, 0.5) is 0 Å². The molecule has 0 aromatic rings. The predicted octanol–water partition coefficient (Wildman–Crippen LogP) is 0.783. The van der Waals surface area contributed by atoms with Crippen LogP contribution in [0.3, 0.4) is 0 Å². The third kappa shape index (κ3) is 2.86. The maximum Gasteiger partial charge on any atom is 0.225 e. The van der Waals surface area contributed by atoms with Crippen LogP contribution in [0.25, 0.3) is 0 Å². The maximum absolute atomic E-state index is 12.5. The fourth-order valence-corrected chi connectivity index (χ4v) is 3.42. The zero-order valence-electron chi connectivity index (χ0n) is 12.1. The molecule has 2 saturated heterocycles. The minimum atomic E-state index is 0.245. The second-order valence-electron chi connectivity index (χ2n) is 6.33. The molecule has 0 aliphatic carbocycles. The highest BCUT2D eigenvalue weighted by Gasteiger charge is 2.37. The zero-order valence-corrected chi connectivity index (χ0v) is 12.1. The molecule has 0 saturated carbocycles. The van der Waals surface area contributed by atoms with Gasteiger partial charge in [0.1, 0.15) is 0 Å². The van der Waals surface area contributed by atoms with Crippen molar-refractivity contribution in [2.45, 2.75) is 38.8 Å². The topological polar surface area (TPSA) is 35.6 Å². The molecule has 1 N–H and O–H groups in total. The fraction of sp³-hybridized carbons (Fsp3) is 0.929. The van der Waals surface area contributed by atoms with Crippen LogP contribution >= 0.6 is 0 Å². The number of nitrogens with zero attached hydrogens (tertiary/aromatic N) is 2. The fourth-order valence-electron chi connectivity index (χ4n) is 3.42. The Morgan fingerprint density at radius 1 is 1.28 bits per heavy atom. The number of likely N-dealkylation sites (N-methyl/N-ethyl adjacent to an activating group) is 1. The molecule has 0 bridgehead atoms. The minimum Gasteiger partial charge on any atom is -0.341 e. The van der Waals surface area contributed by atoms with E-state index < -0.39 is 0 Å². The van der Waals surface area contributed by atoms with Gasteiger partial charge < -0.3 is 15.1 Å². The first-order valence-corrected chi connectivity index (χ1v) is 7.17. The molecule has 2 aliphatic rings. The zero-order chi connectivity index (χ0) is 13.3. The summed E-state index contributed by atoms with van der Waals surface area (Å²) in [6.45, 7) is 7.25. The Bertz CT molecular complexity index is 305. The van der Waals surface area contributed by atoms with Crippen molar-refractivity contribution in [3.05, 3.63) is 0 Å². The van der Waals surface area contributed by atoms with Crippen LogP contribution in [0.15, 0.2) is 0 Å². The first kappa shape index (κ1) is 13.8. The summed E-state index contributed by atoms with van der Waals surface area (Å²) < 4.78 is 0. The highest BCUT2D eigenvalue weighted by atomic mass is 16.2. The molecule has 2 rings (SSSR count). The van der Waals surface area contributed by atoms with Gasteiger partial charge in [-0.3, -0.25) is 4.79 Å². The number of hydrogen-bond donors (Lipinski definition) is 1. The van der Waals surface area contributed by atoms with E-state index in [1.54, 1.807) is 0 Å². The van der Waals surface area contributed by atoms with Crippen molar-refractivity contribution in [2.75, 3.05) is 33.7 Å². The van der Waals surface area contributed by atoms with Crippen molar-refractivity contribution in [2.24, 2.45) is 11.8 Å². The lowest BCUT2D eigenvalue weighted by Gasteiger charge is -2.30. The van der Waals surface area contributed by atoms with Gasteiger partial charge in [-0.2, -0.15) is 0 Å². The van der Waals surface area contributed by atoms with Gasteiger partial charge in [-0.15, -0.1) is 0 Å². The number of hydrogen-bond acceptors (Lipinski definition) is 3. The Morgan fingerprint density at radius 2 is 2.00 bits per heavy atom. The molecule has 2 fully saturated rings. The van der Waals surface area contributed by atoms with Crippen molar-refractivity contribution >= 4 is 5.91 Å². The molecule has 4 atom stereocenters. The van der Waals surface area contributed by atoms with E-state index in [1.165, 1.54) is 0 Å². The molecule has 2 heterocycles. The van der Waals surface area contributed by atoms with Crippen molar-refractivity contribution in [1.82, 2.24) is 15.1 Å². The van der Waals surface area contributed by atoms with E-state index in [0.717, 1.165) is 32.5 Å². The van der Waals surface area contributed by atoms with Crippen molar-refractivity contribution < 1.29 is 4.79 Å². The number of amides is 1. The molecule has 0 spiro atoms. The first-order chi connectivity index (χ1) is 8.49. The molecule has 2 aliphatic heterocycles. The van der Waals surface area contributed by atoms with Gasteiger partial charge in [0.2, 0.25) is 5.91 Å².